The monoisotopic (exact) mass is 478 g/mol. The number of aromatic nitrogens is 4. The lowest BCUT2D eigenvalue weighted by atomic mass is 10.1. The molecule has 138 valence electrons. The molecule has 0 bridgehead atoms. The maximum absolute atomic E-state index is 5.78. The molecule has 2 aromatic heterocycles. The molecule has 0 aliphatic carbocycles. The molecular formula is C18H15IN4O4. The fourth-order valence-corrected chi connectivity index (χ4v) is 3.37. The zero-order valence-electron chi connectivity index (χ0n) is 14.8. The molecule has 0 aliphatic rings. The van der Waals surface area contributed by atoms with Crippen LogP contribution in [0.15, 0.2) is 40.8 Å². The molecule has 0 unspecified atom stereocenters. The van der Waals surface area contributed by atoms with E-state index in [1.807, 2.05) is 24.3 Å². The Balaban J connectivity index is 1.87. The summed E-state index contributed by atoms with van der Waals surface area (Å²) in [5, 5.41) is 12.8. The van der Waals surface area contributed by atoms with E-state index in [1.54, 1.807) is 38.0 Å². The third-order valence-corrected chi connectivity index (χ3v) is 4.96. The number of rotatable bonds is 5. The molecule has 0 saturated carbocycles. The van der Waals surface area contributed by atoms with Crippen LogP contribution in [0.5, 0.6) is 17.2 Å². The van der Waals surface area contributed by atoms with Crippen LogP contribution in [0.4, 0.5) is 0 Å². The number of hydrogen-bond donors (Lipinski definition) is 0. The highest BCUT2D eigenvalue weighted by Gasteiger charge is 2.20. The molecule has 0 amide bonds. The Hall–Kier alpha value is -2.82. The van der Waals surface area contributed by atoms with Crippen molar-refractivity contribution in [1.29, 1.82) is 0 Å². The fraction of sp³-hybridized carbons (Fsp3) is 0.167. The molecule has 27 heavy (non-hydrogen) atoms. The average molecular weight is 478 g/mol. The van der Waals surface area contributed by atoms with Crippen molar-refractivity contribution in [3.8, 4) is 40.1 Å². The lowest BCUT2D eigenvalue weighted by Crippen LogP contribution is -1.97. The van der Waals surface area contributed by atoms with Crippen LogP contribution in [0.1, 0.15) is 0 Å². The van der Waals surface area contributed by atoms with Gasteiger partial charge in [-0.25, -0.2) is 0 Å². The van der Waals surface area contributed by atoms with Crippen molar-refractivity contribution in [1.82, 2.24) is 19.8 Å². The van der Waals surface area contributed by atoms with E-state index in [2.05, 4.69) is 37.9 Å². The SMILES string of the molecule is COc1cc(-c2nnc3oc(-c4ccccc4I)nn23)cc(OC)c1OC. The summed E-state index contributed by atoms with van der Waals surface area (Å²) < 4.78 is 24.6. The highest BCUT2D eigenvalue weighted by molar-refractivity contribution is 14.1. The van der Waals surface area contributed by atoms with Crippen LogP contribution in [0, 0.1) is 3.57 Å². The predicted octanol–water partition coefficient (Wildman–Crippen LogP) is 3.68. The van der Waals surface area contributed by atoms with Gasteiger partial charge in [0.15, 0.2) is 17.3 Å². The summed E-state index contributed by atoms with van der Waals surface area (Å²) in [7, 11) is 4.68. The smallest absolute Gasteiger partial charge is 0.346 e. The second-order valence-electron chi connectivity index (χ2n) is 5.52. The van der Waals surface area contributed by atoms with E-state index in [1.165, 1.54) is 0 Å². The summed E-state index contributed by atoms with van der Waals surface area (Å²) in [4.78, 5) is 0. The van der Waals surface area contributed by atoms with Crippen LogP contribution in [-0.4, -0.2) is 41.1 Å². The Morgan fingerprint density at radius 1 is 0.963 bits per heavy atom. The Kier molecular flexibility index (Phi) is 4.60. The molecular weight excluding hydrogens is 463 g/mol. The maximum atomic E-state index is 5.78. The van der Waals surface area contributed by atoms with Gasteiger partial charge in [-0.15, -0.1) is 10.2 Å². The van der Waals surface area contributed by atoms with Gasteiger partial charge in [0.2, 0.25) is 11.6 Å². The minimum atomic E-state index is 0.299. The summed E-state index contributed by atoms with van der Waals surface area (Å²) in [6.07, 6.45) is 0. The average Bonchev–Trinajstić information content (AvgIpc) is 3.27. The molecule has 0 atom stereocenters. The predicted molar refractivity (Wildman–Crippen MR) is 106 cm³/mol. The van der Waals surface area contributed by atoms with E-state index in [0.29, 0.717) is 40.4 Å². The molecule has 4 aromatic rings. The summed E-state index contributed by atoms with van der Waals surface area (Å²) >= 11 is 2.24. The quantitative estimate of drug-likeness (QED) is 0.405. The number of ether oxygens (including phenoxy) is 3. The summed E-state index contributed by atoms with van der Waals surface area (Å²) in [5.74, 6) is 2.82. The molecule has 0 spiro atoms. The van der Waals surface area contributed by atoms with Gasteiger partial charge in [-0.1, -0.05) is 17.2 Å². The van der Waals surface area contributed by atoms with E-state index < -0.39 is 0 Å². The van der Waals surface area contributed by atoms with E-state index in [0.717, 1.165) is 9.13 Å². The fourth-order valence-electron chi connectivity index (χ4n) is 2.75. The van der Waals surface area contributed by atoms with Crippen LogP contribution in [0.25, 0.3) is 28.7 Å². The highest BCUT2D eigenvalue weighted by atomic mass is 127. The van der Waals surface area contributed by atoms with Gasteiger partial charge in [0.05, 0.1) is 26.9 Å². The van der Waals surface area contributed by atoms with Gasteiger partial charge in [-0.3, -0.25) is 0 Å². The normalized spacial score (nSPS) is 11.0. The van der Waals surface area contributed by atoms with Crippen molar-refractivity contribution < 1.29 is 18.6 Å². The van der Waals surface area contributed by atoms with Crippen LogP contribution >= 0.6 is 22.6 Å². The molecule has 0 radical (unpaired) electrons. The molecule has 0 saturated heterocycles. The number of benzene rings is 2. The Morgan fingerprint density at radius 3 is 2.30 bits per heavy atom. The maximum Gasteiger partial charge on any atom is 0.346 e. The molecule has 4 rings (SSSR count). The second kappa shape index (κ2) is 7.06. The van der Waals surface area contributed by atoms with E-state index in [9.17, 15) is 0 Å². The first kappa shape index (κ1) is 17.6. The van der Waals surface area contributed by atoms with Gasteiger partial charge in [0.25, 0.3) is 0 Å². The van der Waals surface area contributed by atoms with E-state index in [4.69, 9.17) is 18.6 Å². The molecule has 2 heterocycles. The molecule has 0 fully saturated rings. The minimum absolute atomic E-state index is 0.299. The molecule has 0 aliphatic heterocycles. The van der Waals surface area contributed by atoms with Gasteiger partial charge in [-0.2, -0.15) is 4.52 Å². The van der Waals surface area contributed by atoms with Crippen molar-refractivity contribution in [2.75, 3.05) is 21.3 Å². The number of halogens is 1. The third-order valence-electron chi connectivity index (χ3n) is 4.02. The van der Waals surface area contributed by atoms with Gasteiger partial charge < -0.3 is 18.6 Å². The Bertz CT molecular complexity index is 1100. The molecule has 8 nitrogen and oxygen atoms in total. The Labute approximate surface area is 168 Å². The molecule has 9 heteroatoms. The van der Waals surface area contributed by atoms with E-state index in [-0.39, 0.29) is 0 Å². The lowest BCUT2D eigenvalue weighted by Gasteiger charge is -2.13. The van der Waals surface area contributed by atoms with Crippen molar-refractivity contribution >= 4 is 28.4 Å². The number of methoxy groups -OCH3 is 3. The second-order valence-corrected chi connectivity index (χ2v) is 6.68. The zero-order chi connectivity index (χ0) is 19.0. The van der Waals surface area contributed by atoms with Crippen molar-refractivity contribution in [2.24, 2.45) is 0 Å². The van der Waals surface area contributed by atoms with Crippen molar-refractivity contribution in [2.45, 2.75) is 0 Å². The van der Waals surface area contributed by atoms with E-state index >= 15 is 0 Å². The summed E-state index contributed by atoms with van der Waals surface area (Å²) in [6, 6.07) is 11.4. The largest absolute Gasteiger partial charge is 0.493 e. The van der Waals surface area contributed by atoms with Crippen LogP contribution in [0.2, 0.25) is 0 Å². The Morgan fingerprint density at radius 2 is 1.67 bits per heavy atom. The summed E-state index contributed by atoms with van der Waals surface area (Å²) in [5.41, 5.74) is 1.60. The van der Waals surface area contributed by atoms with Crippen LogP contribution in [-0.2, 0) is 0 Å². The summed E-state index contributed by atoms with van der Waals surface area (Å²) in [6.45, 7) is 0. The van der Waals surface area contributed by atoms with Crippen molar-refractivity contribution in [3.05, 3.63) is 40.0 Å². The van der Waals surface area contributed by atoms with Crippen LogP contribution < -0.4 is 14.2 Å². The molecule has 2 aromatic carbocycles. The van der Waals surface area contributed by atoms with Gasteiger partial charge in [0.1, 0.15) is 0 Å². The standard InChI is InChI=1S/C18H15IN4O4/c1-24-13-8-10(9-14(25-2)15(13)26-3)16-20-21-18-23(16)22-17(27-18)11-6-4-5-7-12(11)19/h4-9H,1-3H3. The van der Waals surface area contributed by atoms with Crippen LogP contribution in [0.3, 0.4) is 0 Å². The van der Waals surface area contributed by atoms with Gasteiger partial charge in [-0.05, 0) is 46.9 Å². The molecule has 0 N–H and O–H groups in total. The topological polar surface area (TPSA) is 83.9 Å². The third kappa shape index (κ3) is 2.97. The number of fused-ring (bicyclic) bond motifs is 1. The van der Waals surface area contributed by atoms with Gasteiger partial charge in [0, 0.05) is 9.13 Å². The van der Waals surface area contributed by atoms with Crippen molar-refractivity contribution in [3.63, 3.8) is 0 Å². The zero-order valence-corrected chi connectivity index (χ0v) is 16.9. The number of hydrogen-bond acceptors (Lipinski definition) is 7. The lowest BCUT2D eigenvalue weighted by molar-refractivity contribution is 0.324. The minimum Gasteiger partial charge on any atom is -0.493 e. The highest BCUT2D eigenvalue weighted by Crippen LogP contribution is 2.41. The number of nitrogens with zero attached hydrogens (tertiary/aromatic N) is 4. The first-order valence-electron chi connectivity index (χ1n) is 7.93. The first-order chi connectivity index (χ1) is 13.2. The first-order valence-corrected chi connectivity index (χ1v) is 9.01. The van der Waals surface area contributed by atoms with Gasteiger partial charge >= 0.3 is 5.84 Å².